The van der Waals surface area contributed by atoms with Crippen LogP contribution >= 0.6 is 0 Å². The van der Waals surface area contributed by atoms with Gasteiger partial charge in [0, 0.05) is 42.0 Å². The number of hydrogen-bond acceptors (Lipinski definition) is 6. The SMILES string of the molecule is Cn1cc(-c2ccc3cnc(NC(=O)c4ccnc(O)c4)cc3c2)nn1. The standard InChI is InChI=1S/C18H14N6O2/c1-24-10-15(22-23-24)11-2-3-13-9-20-16(7-14(13)6-11)21-18(26)12-4-5-19-17(25)8-12/h2-10H,1H3,(H,19,25)(H,20,21,26). The normalized spacial score (nSPS) is 10.8. The molecule has 0 aliphatic carbocycles. The lowest BCUT2D eigenvalue weighted by Gasteiger charge is -2.07. The Bertz CT molecular complexity index is 1120. The molecule has 8 nitrogen and oxygen atoms in total. The van der Waals surface area contributed by atoms with Crippen LogP contribution in [-0.2, 0) is 7.05 Å². The average Bonchev–Trinajstić information content (AvgIpc) is 3.07. The summed E-state index contributed by atoms with van der Waals surface area (Å²) < 4.78 is 1.64. The van der Waals surface area contributed by atoms with Crippen LogP contribution in [0.25, 0.3) is 22.0 Å². The smallest absolute Gasteiger partial charge is 0.257 e. The maximum absolute atomic E-state index is 12.3. The minimum absolute atomic E-state index is 0.210. The molecule has 0 spiro atoms. The zero-order valence-corrected chi connectivity index (χ0v) is 13.8. The fraction of sp³-hybridized carbons (Fsp3) is 0.0556. The van der Waals surface area contributed by atoms with Gasteiger partial charge in [-0.15, -0.1) is 5.10 Å². The molecule has 1 aromatic carbocycles. The molecule has 0 unspecified atom stereocenters. The fourth-order valence-corrected chi connectivity index (χ4v) is 2.60. The van der Waals surface area contributed by atoms with Gasteiger partial charge in [0.15, 0.2) is 0 Å². The highest BCUT2D eigenvalue weighted by Gasteiger charge is 2.09. The first-order chi connectivity index (χ1) is 12.6. The van der Waals surface area contributed by atoms with Crippen LogP contribution in [-0.4, -0.2) is 36.0 Å². The zero-order chi connectivity index (χ0) is 18.1. The van der Waals surface area contributed by atoms with Gasteiger partial charge in [-0.25, -0.2) is 9.97 Å². The molecule has 0 saturated heterocycles. The largest absolute Gasteiger partial charge is 0.493 e. The van der Waals surface area contributed by atoms with Crippen LogP contribution in [0.15, 0.2) is 55.0 Å². The number of aromatic hydroxyl groups is 1. The van der Waals surface area contributed by atoms with Crippen LogP contribution in [0.4, 0.5) is 5.82 Å². The van der Waals surface area contributed by atoms with Gasteiger partial charge in [0.1, 0.15) is 11.5 Å². The third kappa shape index (κ3) is 3.07. The monoisotopic (exact) mass is 346 g/mol. The molecule has 4 aromatic rings. The average molecular weight is 346 g/mol. The number of aromatic nitrogens is 5. The molecule has 2 N–H and O–H groups in total. The van der Waals surface area contributed by atoms with E-state index in [1.807, 2.05) is 31.4 Å². The van der Waals surface area contributed by atoms with E-state index in [4.69, 9.17) is 0 Å². The second kappa shape index (κ2) is 6.25. The Morgan fingerprint density at radius 2 is 2.00 bits per heavy atom. The summed E-state index contributed by atoms with van der Waals surface area (Å²) in [6.07, 6.45) is 4.89. The third-order valence-electron chi connectivity index (χ3n) is 3.87. The maximum Gasteiger partial charge on any atom is 0.257 e. The predicted molar refractivity (Wildman–Crippen MR) is 95.6 cm³/mol. The summed E-state index contributed by atoms with van der Waals surface area (Å²) in [7, 11) is 1.81. The molecule has 3 aromatic heterocycles. The molecule has 0 aliphatic heterocycles. The van der Waals surface area contributed by atoms with E-state index in [0.29, 0.717) is 11.4 Å². The molecule has 8 heteroatoms. The van der Waals surface area contributed by atoms with E-state index in [0.717, 1.165) is 22.0 Å². The lowest BCUT2D eigenvalue weighted by atomic mass is 10.1. The summed E-state index contributed by atoms with van der Waals surface area (Å²) in [5, 5.41) is 22.0. The van der Waals surface area contributed by atoms with E-state index >= 15 is 0 Å². The topological polar surface area (TPSA) is 106 Å². The molecule has 1 amide bonds. The third-order valence-corrected chi connectivity index (χ3v) is 3.87. The van der Waals surface area contributed by atoms with Crippen LogP contribution < -0.4 is 5.32 Å². The van der Waals surface area contributed by atoms with Crippen molar-refractivity contribution in [2.45, 2.75) is 0 Å². The van der Waals surface area contributed by atoms with Gasteiger partial charge in [0.2, 0.25) is 5.88 Å². The van der Waals surface area contributed by atoms with Crippen molar-refractivity contribution in [3.63, 3.8) is 0 Å². The zero-order valence-electron chi connectivity index (χ0n) is 13.8. The van der Waals surface area contributed by atoms with E-state index < -0.39 is 0 Å². The van der Waals surface area contributed by atoms with Crippen molar-refractivity contribution in [1.29, 1.82) is 0 Å². The van der Waals surface area contributed by atoms with Crippen molar-refractivity contribution in [1.82, 2.24) is 25.0 Å². The van der Waals surface area contributed by atoms with Crippen LogP contribution in [0.5, 0.6) is 5.88 Å². The number of carbonyl (C=O) groups excluding carboxylic acids is 1. The number of aryl methyl sites for hydroxylation is 1. The van der Waals surface area contributed by atoms with Crippen molar-refractivity contribution >= 4 is 22.5 Å². The molecule has 128 valence electrons. The number of nitrogens with one attached hydrogen (secondary N) is 1. The first-order valence-electron chi connectivity index (χ1n) is 7.81. The van der Waals surface area contributed by atoms with Gasteiger partial charge >= 0.3 is 0 Å². The molecular formula is C18H14N6O2. The molecule has 0 radical (unpaired) electrons. The Morgan fingerprint density at radius 3 is 2.77 bits per heavy atom. The highest BCUT2D eigenvalue weighted by Crippen LogP contribution is 2.24. The summed E-state index contributed by atoms with van der Waals surface area (Å²) in [4.78, 5) is 20.2. The Hall–Kier alpha value is -3.81. The molecule has 0 saturated carbocycles. The van der Waals surface area contributed by atoms with E-state index in [2.05, 4.69) is 25.6 Å². The maximum atomic E-state index is 12.3. The molecular weight excluding hydrogens is 332 g/mol. The van der Waals surface area contributed by atoms with Gasteiger partial charge in [-0.1, -0.05) is 17.3 Å². The van der Waals surface area contributed by atoms with Gasteiger partial charge in [-0.2, -0.15) is 0 Å². The van der Waals surface area contributed by atoms with Crippen molar-refractivity contribution in [2.24, 2.45) is 7.05 Å². The fourth-order valence-electron chi connectivity index (χ4n) is 2.60. The Balaban J connectivity index is 1.65. The van der Waals surface area contributed by atoms with Crippen molar-refractivity contribution in [3.8, 4) is 17.1 Å². The molecule has 26 heavy (non-hydrogen) atoms. The predicted octanol–water partition coefficient (Wildman–Crippen LogP) is 2.38. The van der Waals surface area contributed by atoms with Gasteiger partial charge in [0.05, 0.1) is 6.20 Å². The number of rotatable bonds is 3. The molecule has 4 rings (SSSR count). The molecule has 0 atom stereocenters. The van der Waals surface area contributed by atoms with Gasteiger partial charge in [-0.05, 0) is 23.6 Å². The van der Waals surface area contributed by atoms with Crippen molar-refractivity contribution in [3.05, 3.63) is 60.6 Å². The van der Waals surface area contributed by atoms with Crippen LogP contribution in [0.1, 0.15) is 10.4 Å². The number of carbonyl (C=O) groups is 1. The number of pyridine rings is 2. The summed E-state index contributed by atoms with van der Waals surface area (Å²) in [6, 6.07) is 10.5. The van der Waals surface area contributed by atoms with Crippen LogP contribution in [0.2, 0.25) is 0 Å². The highest BCUT2D eigenvalue weighted by molar-refractivity contribution is 6.04. The van der Waals surface area contributed by atoms with E-state index in [1.165, 1.54) is 18.3 Å². The number of benzene rings is 1. The van der Waals surface area contributed by atoms with E-state index in [-0.39, 0.29) is 11.8 Å². The van der Waals surface area contributed by atoms with E-state index in [1.54, 1.807) is 16.9 Å². The van der Waals surface area contributed by atoms with Crippen molar-refractivity contribution < 1.29 is 9.90 Å². The summed E-state index contributed by atoms with van der Waals surface area (Å²) in [5.41, 5.74) is 1.99. The van der Waals surface area contributed by atoms with Gasteiger partial charge < -0.3 is 10.4 Å². The van der Waals surface area contributed by atoms with Crippen LogP contribution in [0.3, 0.4) is 0 Å². The first-order valence-corrected chi connectivity index (χ1v) is 7.81. The second-order valence-electron chi connectivity index (χ2n) is 5.77. The molecule has 0 bridgehead atoms. The Kier molecular flexibility index (Phi) is 3.77. The number of amides is 1. The Labute approximate surface area is 148 Å². The molecule has 0 fully saturated rings. The Morgan fingerprint density at radius 1 is 1.12 bits per heavy atom. The lowest BCUT2D eigenvalue weighted by Crippen LogP contribution is -2.12. The minimum Gasteiger partial charge on any atom is -0.493 e. The van der Waals surface area contributed by atoms with Crippen molar-refractivity contribution in [2.75, 3.05) is 5.32 Å². The summed E-state index contributed by atoms with van der Waals surface area (Å²) in [5.74, 6) is -0.174. The lowest BCUT2D eigenvalue weighted by molar-refractivity contribution is 0.102. The van der Waals surface area contributed by atoms with Gasteiger partial charge in [-0.3, -0.25) is 9.48 Å². The molecule has 3 heterocycles. The van der Waals surface area contributed by atoms with Gasteiger partial charge in [0.25, 0.3) is 5.91 Å². The number of nitrogens with zero attached hydrogens (tertiary/aromatic N) is 5. The number of fused-ring (bicyclic) bond motifs is 1. The molecule has 0 aliphatic rings. The summed E-state index contributed by atoms with van der Waals surface area (Å²) >= 11 is 0. The highest BCUT2D eigenvalue weighted by atomic mass is 16.3. The van der Waals surface area contributed by atoms with Crippen LogP contribution in [0, 0.1) is 0 Å². The minimum atomic E-state index is -0.375. The number of hydrogen-bond donors (Lipinski definition) is 2. The first kappa shape index (κ1) is 15.7. The summed E-state index contributed by atoms with van der Waals surface area (Å²) in [6.45, 7) is 0. The van der Waals surface area contributed by atoms with E-state index in [9.17, 15) is 9.90 Å². The number of anilines is 1. The second-order valence-corrected chi connectivity index (χ2v) is 5.77. The quantitative estimate of drug-likeness (QED) is 0.590.